The fraction of sp³-hybridized carbons (Fsp3) is 0.769. The van der Waals surface area contributed by atoms with E-state index in [0.29, 0.717) is 25.4 Å². The number of ether oxygens (including phenoxy) is 1. The van der Waals surface area contributed by atoms with Gasteiger partial charge in [-0.2, -0.15) is 0 Å². The van der Waals surface area contributed by atoms with Gasteiger partial charge in [0.05, 0.1) is 22.4 Å². The molecule has 1 aliphatic rings. The van der Waals surface area contributed by atoms with Crippen LogP contribution in [0.1, 0.15) is 37.4 Å². The predicted molar refractivity (Wildman–Crippen MR) is 69.3 cm³/mol. The number of aromatic nitrogens is 1. The van der Waals surface area contributed by atoms with Crippen LogP contribution in [0.3, 0.4) is 0 Å². The van der Waals surface area contributed by atoms with Crippen LogP contribution in [0.15, 0.2) is 5.38 Å². The van der Waals surface area contributed by atoms with Gasteiger partial charge in [-0.3, -0.25) is 0 Å². The summed E-state index contributed by atoms with van der Waals surface area (Å²) in [6.45, 7) is 6.94. The van der Waals surface area contributed by atoms with Crippen molar-refractivity contribution in [2.45, 2.75) is 51.7 Å². The SMILES string of the molecule is Cc1nc(CC2(O)CCOC(C(C)C)C2)cs1. The summed E-state index contributed by atoms with van der Waals surface area (Å²) >= 11 is 1.65. The van der Waals surface area contributed by atoms with Gasteiger partial charge in [0.2, 0.25) is 0 Å². The van der Waals surface area contributed by atoms with Gasteiger partial charge in [0, 0.05) is 24.8 Å². The monoisotopic (exact) mass is 255 g/mol. The number of aliphatic hydroxyl groups is 1. The Morgan fingerprint density at radius 2 is 2.41 bits per heavy atom. The average molecular weight is 255 g/mol. The number of hydrogen-bond donors (Lipinski definition) is 1. The fourth-order valence-electron chi connectivity index (χ4n) is 2.35. The van der Waals surface area contributed by atoms with E-state index in [-0.39, 0.29) is 6.10 Å². The molecule has 4 heteroatoms. The van der Waals surface area contributed by atoms with E-state index in [2.05, 4.69) is 18.8 Å². The molecule has 2 heterocycles. The standard InChI is InChI=1S/C13H21NO2S/c1-9(2)12-7-13(15,4-5-16-12)6-11-8-17-10(3)14-11/h8-9,12,15H,4-7H2,1-3H3. The highest BCUT2D eigenvalue weighted by Crippen LogP contribution is 2.31. The topological polar surface area (TPSA) is 42.4 Å². The lowest BCUT2D eigenvalue weighted by Crippen LogP contribution is -2.44. The van der Waals surface area contributed by atoms with Crippen molar-refractivity contribution in [1.29, 1.82) is 0 Å². The minimum Gasteiger partial charge on any atom is -0.389 e. The molecule has 2 rings (SSSR count). The molecule has 0 aromatic carbocycles. The molecule has 0 aliphatic carbocycles. The first-order chi connectivity index (χ1) is 7.98. The molecule has 1 N–H and O–H groups in total. The maximum Gasteiger partial charge on any atom is 0.0897 e. The van der Waals surface area contributed by atoms with Crippen molar-refractivity contribution in [2.24, 2.45) is 5.92 Å². The van der Waals surface area contributed by atoms with Crippen molar-refractivity contribution in [2.75, 3.05) is 6.61 Å². The van der Waals surface area contributed by atoms with Gasteiger partial charge >= 0.3 is 0 Å². The van der Waals surface area contributed by atoms with Gasteiger partial charge in [0.1, 0.15) is 0 Å². The summed E-state index contributed by atoms with van der Waals surface area (Å²) in [4.78, 5) is 4.44. The lowest BCUT2D eigenvalue weighted by Gasteiger charge is -2.38. The van der Waals surface area contributed by atoms with Gasteiger partial charge in [-0.25, -0.2) is 4.98 Å². The first kappa shape index (κ1) is 13.0. The lowest BCUT2D eigenvalue weighted by molar-refractivity contribution is -0.116. The van der Waals surface area contributed by atoms with E-state index in [1.807, 2.05) is 12.3 Å². The van der Waals surface area contributed by atoms with Crippen LogP contribution in [-0.2, 0) is 11.2 Å². The second-order valence-corrected chi connectivity index (χ2v) is 6.43. The Morgan fingerprint density at radius 3 is 3.00 bits per heavy atom. The van der Waals surface area contributed by atoms with E-state index < -0.39 is 5.60 Å². The molecule has 1 aliphatic heterocycles. The van der Waals surface area contributed by atoms with Crippen LogP contribution in [0.4, 0.5) is 0 Å². The van der Waals surface area contributed by atoms with Crippen molar-refractivity contribution in [1.82, 2.24) is 4.98 Å². The summed E-state index contributed by atoms with van der Waals surface area (Å²) in [5, 5.41) is 13.8. The Balaban J connectivity index is 2.03. The zero-order chi connectivity index (χ0) is 12.5. The first-order valence-corrected chi connectivity index (χ1v) is 7.11. The van der Waals surface area contributed by atoms with Crippen molar-refractivity contribution in [3.05, 3.63) is 16.1 Å². The third-order valence-corrected chi connectivity index (χ3v) is 4.22. The molecular weight excluding hydrogens is 234 g/mol. The minimum atomic E-state index is -0.631. The van der Waals surface area contributed by atoms with Crippen LogP contribution in [0, 0.1) is 12.8 Å². The smallest absolute Gasteiger partial charge is 0.0897 e. The number of rotatable bonds is 3. The van der Waals surface area contributed by atoms with Crippen molar-refractivity contribution in [3.63, 3.8) is 0 Å². The Bertz CT molecular complexity index is 377. The lowest BCUT2D eigenvalue weighted by atomic mass is 9.83. The third-order valence-electron chi connectivity index (χ3n) is 3.40. The van der Waals surface area contributed by atoms with Gasteiger partial charge in [-0.05, 0) is 19.3 Å². The van der Waals surface area contributed by atoms with Crippen LogP contribution < -0.4 is 0 Å². The minimum absolute atomic E-state index is 0.175. The molecule has 0 bridgehead atoms. The van der Waals surface area contributed by atoms with Gasteiger partial charge in [-0.1, -0.05) is 13.8 Å². The van der Waals surface area contributed by atoms with Crippen molar-refractivity contribution < 1.29 is 9.84 Å². The number of nitrogens with zero attached hydrogens (tertiary/aromatic N) is 1. The molecule has 0 saturated carbocycles. The van der Waals surface area contributed by atoms with Crippen LogP contribution in [0.25, 0.3) is 0 Å². The molecule has 1 saturated heterocycles. The van der Waals surface area contributed by atoms with Crippen molar-refractivity contribution in [3.8, 4) is 0 Å². The van der Waals surface area contributed by atoms with Crippen molar-refractivity contribution >= 4 is 11.3 Å². The third kappa shape index (κ3) is 3.27. The second-order valence-electron chi connectivity index (χ2n) is 5.37. The fourth-order valence-corrected chi connectivity index (χ4v) is 2.96. The molecule has 17 heavy (non-hydrogen) atoms. The first-order valence-electron chi connectivity index (χ1n) is 6.23. The van der Waals surface area contributed by atoms with E-state index in [1.54, 1.807) is 11.3 Å². The molecule has 0 radical (unpaired) electrons. The quantitative estimate of drug-likeness (QED) is 0.902. The molecule has 2 unspecified atom stereocenters. The zero-order valence-electron chi connectivity index (χ0n) is 10.8. The van der Waals surface area contributed by atoms with Gasteiger partial charge in [-0.15, -0.1) is 11.3 Å². The summed E-state index contributed by atoms with van der Waals surface area (Å²) in [6.07, 6.45) is 2.27. The Hall–Kier alpha value is -0.450. The normalized spacial score (nSPS) is 29.8. The van der Waals surface area contributed by atoms with E-state index in [1.165, 1.54) is 0 Å². The summed E-state index contributed by atoms with van der Waals surface area (Å²) in [7, 11) is 0. The molecule has 2 atom stereocenters. The van der Waals surface area contributed by atoms with Crippen LogP contribution in [-0.4, -0.2) is 28.4 Å². The highest BCUT2D eigenvalue weighted by atomic mass is 32.1. The Kier molecular flexibility index (Phi) is 3.85. The highest BCUT2D eigenvalue weighted by Gasteiger charge is 2.36. The maximum absolute atomic E-state index is 10.6. The van der Waals surface area contributed by atoms with Gasteiger partial charge in [0.25, 0.3) is 0 Å². The molecular formula is C13H21NO2S. The maximum atomic E-state index is 10.6. The molecule has 0 spiro atoms. The Morgan fingerprint density at radius 1 is 1.65 bits per heavy atom. The summed E-state index contributed by atoms with van der Waals surface area (Å²) in [5.41, 5.74) is 0.382. The average Bonchev–Trinajstić information content (AvgIpc) is 2.63. The number of hydrogen-bond acceptors (Lipinski definition) is 4. The van der Waals surface area contributed by atoms with E-state index in [4.69, 9.17) is 4.74 Å². The van der Waals surface area contributed by atoms with Gasteiger partial charge in [0.15, 0.2) is 0 Å². The predicted octanol–water partition coefficient (Wildman–Crippen LogP) is 2.56. The Labute approximate surface area is 107 Å². The van der Waals surface area contributed by atoms with E-state index in [0.717, 1.165) is 17.1 Å². The summed E-state index contributed by atoms with van der Waals surface area (Å²) in [6, 6.07) is 0. The van der Waals surface area contributed by atoms with E-state index >= 15 is 0 Å². The van der Waals surface area contributed by atoms with Crippen LogP contribution in [0.5, 0.6) is 0 Å². The molecule has 0 amide bonds. The summed E-state index contributed by atoms with van der Waals surface area (Å²) < 4.78 is 5.70. The van der Waals surface area contributed by atoms with Crippen LogP contribution >= 0.6 is 11.3 Å². The second kappa shape index (κ2) is 5.04. The zero-order valence-corrected chi connectivity index (χ0v) is 11.6. The van der Waals surface area contributed by atoms with Gasteiger partial charge < -0.3 is 9.84 Å². The molecule has 1 fully saturated rings. The molecule has 1 aromatic heterocycles. The van der Waals surface area contributed by atoms with E-state index in [9.17, 15) is 5.11 Å². The highest BCUT2D eigenvalue weighted by molar-refractivity contribution is 7.09. The number of aryl methyl sites for hydroxylation is 1. The van der Waals surface area contributed by atoms with Crippen LogP contribution in [0.2, 0.25) is 0 Å². The molecule has 3 nitrogen and oxygen atoms in total. The molecule has 96 valence electrons. The largest absolute Gasteiger partial charge is 0.389 e. The molecule has 1 aromatic rings. The summed E-state index contributed by atoms with van der Waals surface area (Å²) in [5.74, 6) is 0.457. The number of thiazole rings is 1.